The van der Waals surface area contributed by atoms with Gasteiger partial charge in [-0.05, 0) is 36.1 Å². The van der Waals surface area contributed by atoms with E-state index in [1.165, 1.54) is 10.4 Å². The predicted octanol–water partition coefficient (Wildman–Crippen LogP) is 2.47. The molecular weight excluding hydrogens is 222 g/mol. The zero-order valence-corrected chi connectivity index (χ0v) is 9.96. The molecule has 0 amide bonds. The van der Waals surface area contributed by atoms with Gasteiger partial charge in [-0.1, -0.05) is 0 Å². The molecule has 1 unspecified atom stereocenters. The third-order valence-electron chi connectivity index (χ3n) is 2.55. The van der Waals surface area contributed by atoms with Gasteiger partial charge in [0.1, 0.15) is 5.76 Å². The number of hydrogen-bond acceptors (Lipinski definition) is 4. The average molecular weight is 237 g/mol. The van der Waals surface area contributed by atoms with Gasteiger partial charge in [0.15, 0.2) is 0 Å². The van der Waals surface area contributed by atoms with Crippen LogP contribution in [0.3, 0.4) is 0 Å². The summed E-state index contributed by atoms with van der Waals surface area (Å²) in [7, 11) is 0. The van der Waals surface area contributed by atoms with Crippen molar-refractivity contribution in [1.82, 2.24) is 5.32 Å². The summed E-state index contributed by atoms with van der Waals surface area (Å²) in [6, 6.07) is 5.67. The van der Waals surface area contributed by atoms with Crippen LogP contribution < -0.4 is 5.32 Å². The summed E-state index contributed by atoms with van der Waals surface area (Å²) < 4.78 is 5.27. The van der Waals surface area contributed by atoms with Gasteiger partial charge in [-0.15, -0.1) is 11.3 Å². The molecule has 16 heavy (non-hydrogen) atoms. The SMILES string of the molecule is Cc1ccsc1CNC(CO)c1ccco1. The van der Waals surface area contributed by atoms with Crippen LogP contribution in [0.4, 0.5) is 0 Å². The molecule has 2 rings (SSSR count). The van der Waals surface area contributed by atoms with E-state index in [2.05, 4.69) is 23.7 Å². The molecule has 0 saturated carbocycles. The van der Waals surface area contributed by atoms with Gasteiger partial charge < -0.3 is 14.8 Å². The normalized spacial score (nSPS) is 12.9. The molecule has 0 fully saturated rings. The molecule has 86 valence electrons. The third kappa shape index (κ3) is 2.52. The van der Waals surface area contributed by atoms with Crippen molar-refractivity contribution >= 4 is 11.3 Å². The fraction of sp³-hybridized carbons (Fsp3) is 0.333. The summed E-state index contributed by atoms with van der Waals surface area (Å²) in [6.45, 7) is 2.89. The van der Waals surface area contributed by atoms with Crippen LogP contribution in [0.15, 0.2) is 34.3 Å². The van der Waals surface area contributed by atoms with Crippen LogP contribution in [-0.2, 0) is 6.54 Å². The van der Waals surface area contributed by atoms with Crippen LogP contribution in [0.1, 0.15) is 22.2 Å². The molecule has 2 heterocycles. The Morgan fingerprint density at radius 3 is 2.94 bits per heavy atom. The summed E-state index contributed by atoms with van der Waals surface area (Å²) in [5.74, 6) is 0.775. The maximum atomic E-state index is 9.28. The molecule has 0 aliphatic rings. The predicted molar refractivity (Wildman–Crippen MR) is 64.4 cm³/mol. The standard InChI is InChI=1S/C12H15NO2S/c1-9-4-6-16-12(9)7-13-10(8-14)11-3-2-5-15-11/h2-6,10,13-14H,7-8H2,1H3. The Labute approximate surface area is 98.7 Å². The zero-order chi connectivity index (χ0) is 11.4. The first-order valence-corrected chi connectivity index (χ1v) is 6.10. The molecule has 3 nitrogen and oxygen atoms in total. The maximum absolute atomic E-state index is 9.28. The van der Waals surface area contributed by atoms with Gasteiger partial charge in [0.25, 0.3) is 0 Å². The molecule has 0 bridgehead atoms. The lowest BCUT2D eigenvalue weighted by atomic mass is 10.2. The molecule has 0 aliphatic heterocycles. The van der Waals surface area contributed by atoms with Crippen molar-refractivity contribution in [2.24, 2.45) is 0 Å². The second-order valence-corrected chi connectivity index (χ2v) is 4.66. The van der Waals surface area contributed by atoms with E-state index >= 15 is 0 Å². The highest BCUT2D eigenvalue weighted by Crippen LogP contribution is 2.18. The van der Waals surface area contributed by atoms with Crippen molar-refractivity contribution in [3.05, 3.63) is 46.0 Å². The number of furan rings is 1. The Bertz CT molecular complexity index is 422. The first kappa shape index (κ1) is 11.4. The van der Waals surface area contributed by atoms with E-state index < -0.39 is 0 Å². The smallest absolute Gasteiger partial charge is 0.123 e. The Kier molecular flexibility index (Phi) is 3.77. The van der Waals surface area contributed by atoms with Crippen molar-refractivity contribution in [3.8, 4) is 0 Å². The van der Waals surface area contributed by atoms with Crippen molar-refractivity contribution in [2.45, 2.75) is 19.5 Å². The molecule has 2 N–H and O–H groups in total. The Morgan fingerprint density at radius 2 is 2.38 bits per heavy atom. The van der Waals surface area contributed by atoms with Crippen LogP contribution in [0.5, 0.6) is 0 Å². The van der Waals surface area contributed by atoms with Crippen molar-refractivity contribution in [3.63, 3.8) is 0 Å². The second kappa shape index (κ2) is 5.30. The van der Waals surface area contributed by atoms with E-state index in [9.17, 15) is 5.11 Å². The minimum atomic E-state index is -0.128. The highest BCUT2D eigenvalue weighted by atomic mass is 32.1. The number of aryl methyl sites for hydroxylation is 1. The topological polar surface area (TPSA) is 45.4 Å². The fourth-order valence-corrected chi connectivity index (χ4v) is 2.40. The van der Waals surface area contributed by atoms with E-state index in [0.717, 1.165) is 12.3 Å². The summed E-state index contributed by atoms with van der Waals surface area (Å²) in [5, 5.41) is 14.6. The van der Waals surface area contributed by atoms with Crippen LogP contribution in [0.25, 0.3) is 0 Å². The van der Waals surface area contributed by atoms with Gasteiger partial charge in [0.2, 0.25) is 0 Å². The van der Waals surface area contributed by atoms with Gasteiger partial charge in [-0.3, -0.25) is 0 Å². The Balaban J connectivity index is 1.96. The monoisotopic (exact) mass is 237 g/mol. The quantitative estimate of drug-likeness (QED) is 0.839. The number of aliphatic hydroxyl groups is 1. The second-order valence-electron chi connectivity index (χ2n) is 3.66. The number of thiophene rings is 1. The summed E-state index contributed by atoms with van der Waals surface area (Å²) in [5.41, 5.74) is 1.29. The van der Waals surface area contributed by atoms with Gasteiger partial charge >= 0.3 is 0 Å². The highest BCUT2D eigenvalue weighted by molar-refractivity contribution is 7.10. The van der Waals surface area contributed by atoms with E-state index in [1.54, 1.807) is 17.6 Å². The molecular formula is C12H15NO2S. The maximum Gasteiger partial charge on any atom is 0.123 e. The largest absolute Gasteiger partial charge is 0.468 e. The minimum absolute atomic E-state index is 0.0396. The van der Waals surface area contributed by atoms with Crippen LogP contribution in [0.2, 0.25) is 0 Å². The molecule has 2 aromatic rings. The first-order valence-electron chi connectivity index (χ1n) is 5.22. The van der Waals surface area contributed by atoms with Crippen molar-refractivity contribution in [2.75, 3.05) is 6.61 Å². The molecule has 0 saturated heterocycles. The Morgan fingerprint density at radius 1 is 1.50 bits per heavy atom. The summed E-state index contributed by atoms with van der Waals surface area (Å²) >= 11 is 1.72. The summed E-state index contributed by atoms with van der Waals surface area (Å²) in [6.07, 6.45) is 1.62. The molecule has 4 heteroatoms. The van der Waals surface area contributed by atoms with Gasteiger partial charge in [-0.25, -0.2) is 0 Å². The number of aliphatic hydroxyl groups excluding tert-OH is 1. The lowest BCUT2D eigenvalue weighted by Gasteiger charge is -2.13. The number of hydrogen-bond donors (Lipinski definition) is 2. The molecule has 0 radical (unpaired) electrons. The average Bonchev–Trinajstić information content (AvgIpc) is 2.92. The molecule has 0 spiro atoms. The third-order valence-corrected chi connectivity index (χ3v) is 3.57. The van der Waals surface area contributed by atoms with E-state index in [1.807, 2.05) is 12.1 Å². The van der Waals surface area contributed by atoms with Gasteiger partial charge in [-0.2, -0.15) is 0 Å². The number of nitrogens with one attached hydrogen (secondary N) is 1. The number of rotatable bonds is 5. The van der Waals surface area contributed by atoms with Crippen molar-refractivity contribution < 1.29 is 9.52 Å². The molecule has 1 atom stereocenters. The molecule has 0 aliphatic carbocycles. The van der Waals surface area contributed by atoms with E-state index in [-0.39, 0.29) is 12.6 Å². The van der Waals surface area contributed by atoms with Gasteiger partial charge in [0, 0.05) is 11.4 Å². The highest BCUT2D eigenvalue weighted by Gasteiger charge is 2.12. The van der Waals surface area contributed by atoms with Crippen molar-refractivity contribution in [1.29, 1.82) is 0 Å². The van der Waals surface area contributed by atoms with Gasteiger partial charge in [0.05, 0.1) is 18.9 Å². The van der Waals surface area contributed by atoms with E-state index in [4.69, 9.17) is 4.42 Å². The van der Waals surface area contributed by atoms with Crippen LogP contribution >= 0.6 is 11.3 Å². The lowest BCUT2D eigenvalue weighted by molar-refractivity contribution is 0.226. The zero-order valence-electron chi connectivity index (χ0n) is 9.14. The lowest BCUT2D eigenvalue weighted by Crippen LogP contribution is -2.23. The van der Waals surface area contributed by atoms with E-state index in [0.29, 0.717) is 0 Å². The van der Waals surface area contributed by atoms with Crippen LogP contribution in [0, 0.1) is 6.92 Å². The minimum Gasteiger partial charge on any atom is -0.468 e. The van der Waals surface area contributed by atoms with Crippen LogP contribution in [-0.4, -0.2) is 11.7 Å². The fourth-order valence-electron chi connectivity index (χ4n) is 1.55. The summed E-state index contributed by atoms with van der Waals surface area (Å²) in [4.78, 5) is 1.30. The Hall–Kier alpha value is -1.10. The molecule has 0 aromatic carbocycles. The molecule has 2 aromatic heterocycles. The first-order chi connectivity index (χ1) is 7.81.